The highest BCUT2D eigenvalue weighted by Crippen LogP contribution is 2.40. The third kappa shape index (κ3) is 4.67. The van der Waals surface area contributed by atoms with E-state index in [1.54, 1.807) is 13.0 Å². The fourth-order valence-corrected chi connectivity index (χ4v) is 2.80. The number of ether oxygens (including phenoxy) is 2. The molecule has 0 radical (unpaired) electrons. The van der Waals surface area contributed by atoms with Crippen LogP contribution in [0.15, 0.2) is 17.1 Å². The zero-order chi connectivity index (χ0) is 20.2. The van der Waals surface area contributed by atoms with Crippen molar-refractivity contribution in [2.45, 2.75) is 30.8 Å². The van der Waals surface area contributed by atoms with E-state index >= 15 is 0 Å². The minimum atomic E-state index is -4.71. The Balaban J connectivity index is 2.15. The number of aliphatic imine (C=N–C) groups is 1. The molecule has 1 fully saturated rings. The number of nitrogens with zero attached hydrogens (tertiary/aromatic N) is 2. The van der Waals surface area contributed by atoms with Crippen LogP contribution in [-0.4, -0.2) is 68.7 Å². The van der Waals surface area contributed by atoms with Crippen molar-refractivity contribution >= 4 is 19.9 Å². The second-order valence-electron chi connectivity index (χ2n) is 5.68. The number of aromatic amines is 1. The van der Waals surface area contributed by atoms with Gasteiger partial charge >= 0.3 is 7.82 Å². The number of phosphoric acid groups is 1. The van der Waals surface area contributed by atoms with Crippen molar-refractivity contribution in [2.75, 3.05) is 13.4 Å². The van der Waals surface area contributed by atoms with Crippen molar-refractivity contribution in [2.24, 2.45) is 4.99 Å². The fraction of sp³-hybridized carbons (Fsp3) is 0.500. The van der Waals surface area contributed by atoms with Gasteiger partial charge in [-0.15, -0.1) is 0 Å². The Morgan fingerprint density at radius 2 is 2.26 bits per heavy atom. The molecule has 1 aromatic rings. The Labute approximate surface area is 153 Å². The quantitative estimate of drug-likeness (QED) is 0.107. The molecule has 1 aliphatic rings. The maximum absolute atomic E-state index is 10.6. The average Bonchev–Trinajstić information content (AvgIpc) is 3.18. The lowest BCUT2D eigenvalue weighted by atomic mass is 9.93. The van der Waals surface area contributed by atoms with E-state index in [0.717, 1.165) is 6.34 Å². The van der Waals surface area contributed by atoms with Crippen LogP contribution in [0, 0.1) is 16.7 Å². The van der Waals surface area contributed by atoms with Crippen molar-refractivity contribution in [3.05, 3.63) is 23.5 Å². The molecule has 0 spiro atoms. The summed E-state index contributed by atoms with van der Waals surface area (Å²) in [6.45, 7) is 0.486. The molecule has 148 valence electrons. The lowest BCUT2D eigenvalue weighted by Crippen LogP contribution is -2.40. The second kappa shape index (κ2) is 8.39. The average molecular weight is 402 g/mol. The Morgan fingerprint density at radius 3 is 2.85 bits per heavy atom. The van der Waals surface area contributed by atoms with Crippen LogP contribution >= 0.6 is 7.82 Å². The van der Waals surface area contributed by atoms with Crippen LogP contribution in [0.4, 0.5) is 0 Å². The maximum atomic E-state index is 10.6. The number of aliphatic hydroxyl groups excluding tert-OH is 2. The molecule has 0 aliphatic carbocycles. The van der Waals surface area contributed by atoms with Gasteiger partial charge in [0.25, 0.3) is 0 Å². The van der Waals surface area contributed by atoms with Gasteiger partial charge in [-0.1, -0.05) is 0 Å². The van der Waals surface area contributed by atoms with Gasteiger partial charge in [-0.25, -0.2) is 9.56 Å². The highest BCUT2D eigenvalue weighted by atomic mass is 31.2. The van der Waals surface area contributed by atoms with Gasteiger partial charge < -0.3 is 34.5 Å². The van der Waals surface area contributed by atoms with Crippen molar-refractivity contribution in [3.63, 3.8) is 0 Å². The largest absolute Gasteiger partial charge is 0.471 e. The number of nitriles is 1. The highest BCUT2D eigenvalue weighted by molar-refractivity contribution is 7.46. The van der Waals surface area contributed by atoms with E-state index < -0.39 is 38.5 Å². The summed E-state index contributed by atoms with van der Waals surface area (Å²) in [6, 6.07) is 4.91. The first-order chi connectivity index (χ1) is 12.6. The maximum Gasteiger partial charge on any atom is 0.471 e. The number of hydrogen-bond acceptors (Lipinski definition) is 8. The van der Waals surface area contributed by atoms with Crippen LogP contribution in [0.3, 0.4) is 0 Å². The van der Waals surface area contributed by atoms with Gasteiger partial charge in [0.05, 0.1) is 23.7 Å². The first-order valence-electron chi connectivity index (χ1n) is 7.61. The highest BCUT2D eigenvalue weighted by Gasteiger charge is 2.56. The van der Waals surface area contributed by atoms with Crippen LogP contribution in [-0.2, 0) is 24.2 Å². The van der Waals surface area contributed by atoms with E-state index in [1.807, 2.05) is 6.07 Å². The molecule has 2 rings (SSSR count). The first-order valence-corrected chi connectivity index (χ1v) is 9.14. The monoisotopic (exact) mass is 402 g/mol. The molecule has 1 unspecified atom stereocenters. The first kappa shape index (κ1) is 21.4. The van der Waals surface area contributed by atoms with Crippen LogP contribution in [0.25, 0.3) is 0 Å². The lowest BCUT2D eigenvalue weighted by Gasteiger charge is -2.23. The van der Waals surface area contributed by atoms with E-state index in [4.69, 9.17) is 24.7 Å². The number of hydrogen-bond donors (Lipinski definition) is 6. The van der Waals surface area contributed by atoms with Crippen molar-refractivity contribution in [3.8, 4) is 6.07 Å². The molecule has 0 bridgehead atoms. The van der Waals surface area contributed by atoms with Crippen LogP contribution < -0.4 is 0 Å². The van der Waals surface area contributed by atoms with Crippen molar-refractivity contribution in [1.82, 2.24) is 4.98 Å². The van der Waals surface area contributed by atoms with Crippen LogP contribution in [0.2, 0.25) is 0 Å². The Morgan fingerprint density at radius 1 is 1.56 bits per heavy atom. The van der Waals surface area contributed by atoms with Crippen molar-refractivity contribution < 1.29 is 38.6 Å². The van der Waals surface area contributed by atoms with Gasteiger partial charge in [0, 0.05) is 0 Å². The minimum absolute atomic E-state index is 0.167. The number of nitrogens with one attached hydrogen (secondary N) is 2. The van der Waals surface area contributed by atoms with Crippen LogP contribution in [0.1, 0.15) is 18.3 Å². The van der Waals surface area contributed by atoms with E-state index in [-0.39, 0.29) is 12.3 Å². The molecule has 4 atom stereocenters. The fourth-order valence-electron chi connectivity index (χ4n) is 2.59. The zero-order valence-electron chi connectivity index (χ0n) is 14.1. The predicted octanol–water partition coefficient (Wildman–Crippen LogP) is -0.646. The van der Waals surface area contributed by atoms with Gasteiger partial charge in [-0.2, -0.15) is 5.26 Å². The molecule has 0 aromatic carbocycles. The molecule has 1 aliphatic heterocycles. The number of aromatic nitrogens is 1. The van der Waals surface area contributed by atoms with Gasteiger partial charge in [-0.05, 0) is 19.1 Å². The number of phosphoric ester groups is 1. The third-order valence-electron chi connectivity index (χ3n) is 3.94. The molecule has 2 heterocycles. The van der Waals surface area contributed by atoms with E-state index in [0.29, 0.717) is 11.4 Å². The Kier molecular flexibility index (Phi) is 6.63. The molecule has 1 saturated heterocycles. The third-order valence-corrected chi connectivity index (χ3v) is 4.39. The number of rotatable bonds is 8. The van der Waals surface area contributed by atoms with E-state index in [9.17, 15) is 20.0 Å². The summed E-state index contributed by atoms with van der Waals surface area (Å²) in [5.74, 6) is 0. The van der Waals surface area contributed by atoms with E-state index in [2.05, 4.69) is 14.5 Å². The summed E-state index contributed by atoms with van der Waals surface area (Å²) >= 11 is 0. The summed E-state index contributed by atoms with van der Waals surface area (Å²) in [5, 5.41) is 37.1. The topological polar surface area (TPSA) is 201 Å². The second-order valence-corrected chi connectivity index (χ2v) is 6.92. The summed E-state index contributed by atoms with van der Waals surface area (Å²) in [6.07, 6.45) is -3.41. The van der Waals surface area contributed by atoms with Crippen molar-refractivity contribution in [1.29, 1.82) is 10.7 Å². The Bertz CT molecular complexity index is 799. The molecule has 6 N–H and O–H groups in total. The molecule has 27 heavy (non-hydrogen) atoms. The normalized spacial score (nSPS) is 28.9. The molecule has 12 nitrogen and oxygen atoms in total. The summed E-state index contributed by atoms with van der Waals surface area (Å²) in [7, 11) is -4.71. The van der Waals surface area contributed by atoms with Gasteiger partial charge in [0.1, 0.15) is 30.7 Å². The summed E-state index contributed by atoms with van der Waals surface area (Å²) in [4.78, 5) is 23.8. The molecule has 1 aromatic heterocycles. The number of aliphatic hydroxyl groups is 2. The summed E-state index contributed by atoms with van der Waals surface area (Å²) < 4.78 is 25.1. The molecule has 0 saturated carbocycles. The summed E-state index contributed by atoms with van der Waals surface area (Å²) in [5.41, 5.74) is -0.795. The predicted molar refractivity (Wildman–Crippen MR) is 89.9 cm³/mol. The Hall–Kier alpha value is -1.94. The molecular weight excluding hydrogens is 383 g/mol. The smallest absolute Gasteiger partial charge is 0.387 e. The van der Waals surface area contributed by atoms with Gasteiger partial charge in [-0.3, -0.25) is 9.93 Å². The number of H-pyrrole nitrogens is 1. The standard InChI is InChI=1S/C14H19N4O8P/c1-8(17-6-16)9-2-3-11(18-9)14(5-15)13(20)12(19)10(26-14)4-24-7-25-27(21,22)23/h2-3,6,10,12-13,16,18-20H,4,7H2,1H3,(H2,21,22,23)/t10?,12-,13-,14+/m1/s1. The molecular formula is C14H19N4O8P. The zero-order valence-corrected chi connectivity index (χ0v) is 15.0. The van der Waals surface area contributed by atoms with Crippen LogP contribution in [0.5, 0.6) is 0 Å². The van der Waals surface area contributed by atoms with Gasteiger partial charge in [0.15, 0.2) is 6.79 Å². The lowest BCUT2D eigenvalue weighted by molar-refractivity contribution is -0.0965. The van der Waals surface area contributed by atoms with Gasteiger partial charge in [0.2, 0.25) is 5.60 Å². The minimum Gasteiger partial charge on any atom is -0.387 e. The SMILES string of the molecule is CC(=NC=N)c1ccc([C@]2(C#N)OC(COCOP(=O)(O)O)[C@@H](O)[C@H]2O)[nH]1. The van der Waals surface area contributed by atoms with E-state index in [1.165, 1.54) is 6.07 Å². The molecule has 13 heteroatoms. The molecule has 0 amide bonds.